The first-order valence-corrected chi connectivity index (χ1v) is 6.76. The third kappa shape index (κ3) is 6.12. The number of ether oxygens (including phenoxy) is 1. The maximum Gasteiger partial charge on any atom is 0.251 e. The molecule has 0 saturated heterocycles. The van der Waals surface area contributed by atoms with Crippen molar-refractivity contribution in [2.24, 2.45) is 0 Å². The Morgan fingerprint density at radius 1 is 1.38 bits per heavy atom. The van der Waals surface area contributed by atoms with Crippen LogP contribution in [0.15, 0.2) is 24.3 Å². The normalized spacial score (nSPS) is 11.8. The Morgan fingerprint density at radius 2 is 2.00 bits per heavy atom. The molecule has 21 heavy (non-hydrogen) atoms. The summed E-state index contributed by atoms with van der Waals surface area (Å²) in [5.41, 5.74) is 0.425. The topological polar surface area (TPSA) is 78.9 Å². The van der Waals surface area contributed by atoms with Crippen LogP contribution in [0.4, 0.5) is 0 Å². The molecule has 0 fully saturated rings. The van der Waals surface area contributed by atoms with Crippen LogP contribution >= 0.6 is 11.6 Å². The number of carbonyl (C=O) groups excluding carboxylic acids is 2. The van der Waals surface area contributed by atoms with Gasteiger partial charge in [0, 0.05) is 31.3 Å². The number of aliphatic hydroxyl groups is 1. The number of nitrogens with zero attached hydrogens (tertiary/aromatic N) is 1. The summed E-state index contributed by atoms with van der Waals surface area (Å²) in [5, 5.41) is 12.6. The molecule has 1 unspecified atom stereocenters. The van der Waals surface area contributed by atoms with Crippen molar-refractivity contribution >= 4 is 23.4 Å². The molecule has 0 bridgehead atoms. The van der Waals surface area contributed by atoms with Gasteiger partial charge in [0.05, 0.1) is 19.3 Å². The fourth-order valence-electron chi connectivity index (χ4n) is 1.66. The number of halogens is 1. The lowest BCUT2D eigenvalue weighted by Crippen LogP contribution is -2.42. The summed E-state index contributed by atoms with van der Waals surface area (Å²) in [6.07, 6.45) is -0.754. The number of aliphatic hydroxyl groups excluding tert-OH is 1. The maximum absolute atomic E-state index is 11.8. The van der Waals surface area contributed by atoms with Crippen LogP contribution in [0.3, 0.4) is 0 Å². The van der Waals surface area contributed by atoms with Crippen LogP contribution in [0.1, 0.15) is 10.4 Å². The molecule has 6 nitrogen and oxygen atoms in total. The zero-order chi connectivity index (χ0) is 15.8. The van der Waals surface area contributed by atoms with Crippen LogP contribution in [-0.2, 0) is 9.53 Å². The summed E-state index contributed by atoms with van der Waals surface area (Å²) < 4.78 is 4.78. The van der Waals surface area contributed by atoms with Crippen molar-refractivity contribution in [1.29, 1.82) is 0 Å². The van der Waals surface area contributed by atoms with Crippen LogP contribution < -0.4 is 5.32 Å². The minimum Gasteiger partial charge on any atom is -0.389 e. The van der Waals surface area contributed by atoms with Gasteiger partial charge >= 0.3 is 0 Å². The highest BCUT2D eigenvalue weighted by molar-refractivity contribution is 6.30. The lowest BCUT2D eigenvalue weighted by molar-refractivity contribution is -0.130. The smallest absolute Gasteiger partial charge is 0.251 e. The van der Waals surface area contributed by atoms with Crippen molar-refractivity contribution in [2.75, 3.05) is 33.9 Å². The van der Waals surface area contributed by atoms with Gasteiger partial charge in [-0.15, -0.1) is 0 Å². The molecule has 2 N–H and O–H groups in total. The highest BCUT2D eigenvalue weighted by Gasteiger charge is 2.14. The van der Waals surface area contributed by atoms with Gasteiger partial charge in [0.25, 0.3) is 5.91 Å². The Morgan fingerprint density at radius 3 is 2.57 bits per heavy atom. The van der Waals surface area contributed by atoms with Crippen LogP contribution in [-0.4, -0.2) is 61.8 Å². The van der Waals surface area contributed by atoms with Gasteiger partial charge in [-0.1, -0.05) is 11.6 Å². The summed E-state index contributed by atoms with van der Waals surface area (Å²) in [4.78, 5) is 25.0. The van der Waals surface area contributed by atoms with E-state index in [1.807, 2.05) is 0 Å². The number of hydrogen-bond donors (Lipinski definition) is 2. The Labute approximate surface area is 128 Å². The zero-order valence-electron chi connectivity index (χ0n) is 12.0. The molecule has 0 aliphatic carbocycles. The van der Waals surface area contributed by atoms with Gasteiger partial charge in [0.1, 0.15) is 0 Å². The molecule has 1 aromatic carbocycles. The third-order valence-electron chi connectivity index (χ3n) is 2.78. The Hall–Kier alpha value is -1.63. The molecule has 0 saturated carbocycles. The van der Waals surface area contributed by atoms with Gasteiger partial charge < -0.3 is 20.1 Å². The molecule has 2 amide bonds. The van der Waals surface area contributed by atoms with Crippen molar-refractivity contribution in [3.8, 4) is 0 Å². The van der Waals surface area contributed by atoms with Crippen LogP contribution in [0.25, 0.3) is 0 Å². The maximum atomic E-state index is 11.8. The highest BCUT2D eigenvalue weighted by atomic mass is 35.5. The number of amides is 2. The summed E-state index contributed by atoms with van der Waals surface area (Å²) in [5.74, 6) is -0.654. The Kier molecular flexibility index (Phi) is 7.14. The predicted octanol–water partition coefficient (Wildman–Crippen LogP) is 0.535. The van der Waals surface area contributed by atoms with E-state index >= 15 is 0 Å². The van der Waals surface area contributed by atoms with Crippen molar-refractivity contribution in [1.82, 2.24) is 10.2 Å². The lowest BCUT2D eigenvalue weighted by Gasteiger charge is -2.20. The Balaban J connectivity index is 2.41. The van der Waals surface area contributed by atoms with Gasteiger partial charge in [-0.05, 0) is 24.3 Å². The molecule has 7 heteroatoms. The Bertz CT molecular complexity index is 478. The summed E-state index contributed by atoms with van der Waals surface area (Å²) >= 11 is 5.73. The second-order valence-corrected chi connectivity index (χ2v) is 5.01. The van der Waals surface area contributed by atoms with E-state index in [9.17, 15) is 14.7 Å². The molecule has 1 rings (SSSR count). The van der Waals surface area contributed by atoms with Gasteiger partial charge in [0.15, 0.2) is 0 Å². The van der Waals surface area contributed by atoms with Gasteiger partial charge in [-0.3, -0.25) is 9.59 Å². The van der Waals surface area contributed by atoms with Crippen molar-refractivity contribution in [3.05, 3.63) is 34.9 Å². The average molecular weight is 315 g/mol. The van der Waals surface area contributed by atoms with Crippen molar-refractivity contribution < 1.29 is 19.4 Å². The van der Waals surface area contributed by atoms with Crippen LogP contribution in [0.2, 0.25) is 5.02 Å². The second-order valence-electron chi connectivity index (χ2n) is 4.57. The monoisotopic (exact) mass is 314 g/mol. The zero-order valence-corrected chi connectivity index (χ0v) is 12.8. The predicted molar refractivity (Wildman–Crippen MR) is 79.3 cm³/mol. The number of carbonyl (C=O) groups is 2. The summed E-state index contributed by atoms with van der Waals surface area (Å²) in [7, 11) is 3.02. The minimum atomic E-state index is -0.754. The lowest BCUT2D eigenvalue weighted by atomic mass is 10.2. The van der Waals surface area contributed by atoms with E-state index in [0.717, 1.165) is 0 Å². The van der Waals surface area contributed by atoms with E-state index in [-0.39, 0.29) is 31.5 Å². The van der Waals surface area contributed by atoms with Crippen molar-refractivity contribution in [2.45, 2.75) is 6.10 Å². The van der Waals surface area contributed by atoms with E-state index in [2.05, 4.69) is 5.32 Å². The fraction of sp³-hybridized carbons (Fsp3) is 0.429. The molecular weight excluding hydrogens is 296 g/mol. The number of likely N-dealkylation sites (N-methyl/N-ethyl adjacent to an activating group) is 1. The molecule has 0 radical (unpaired) electrons. The van der Waals surface area contributed by atoms with E-state index in [0.29, 0.717) is 10.6 Å². The van der Waals surface area contributed by atoms with E-state index in [4.69, 9.17) is 16.3 Å². The molecule has 0 spiro atoms. The molecule has 0 aliphatic heterocycles. The third-order valence-corrected chi connectivity index (χ3v) is 3.03. The van der Waals surface area contributed by atoms with E-state index in [1.165, 1.54) is 12.0 Å². The number of hydrogen-bond acceptors (Lipinski definition) is 4. The number of benzene rings is 1. The molecule has 116 valence electrons. The van der Waals surface area contributed by atoms with Crippen LogP contribution in [0, 0.1) is 0 Å². The molecule has 1 atom stereocenters. The molecule has 1 aromatic rings. The summed E-state index contributed by atoms with van der Waals surface area (Å²) in [6, 6.07) is 6.36. The number of nitrogens with one attached hydrogen (secondary N) is 1. The molecule has 0 heterocycles. The van der Waals surface area contributed by atoms with Crippen LogP contribution in [0.5, 0.6) is 0 Å². The largest absolute Gasteiger partial charge is 0.389 e. The number of rotatable bonds is 7. The fourth-order valence-corrected chi connectivity index (χ4v) is 1.78. The van der Waals surface area contributed by atoms with Gasteiger partial charge in [0.2, 0.25) is 5.91 Å². The minimum absolute atomic E-state index is 0.141. The highest BCUT2D eigenvalue weighted by Crippen LogP contribution is 2.09. The SMILES string of the molecule is COCC(O)CN(C)C(=O)CNC(=O)c1ccc(Cl)cc1. The second kappa shape index (κ2) is 8.61. The van der Waals surface area contributed by atoms with Gasteiger partial charge in [-0.2, -0.15) is 0 Å². The summed E-state index contributed by atoms with van der Waals surface area (Å²) in [6.45, 7) is 0.149. The van der Waals surface area contributed by atoms with E-state index in [1.54, 1.807) is 31.3 Å². The quantitative estimate of drug-likeness (QED) is 0.770. The molecule has 0 aliphatic rings. The molecule has 0 aromatic heterocycles. The van der Waals surface area contributed by atoms with Gasteiger partial charge in [-0.25, -0.2) is 0 Å². The van der Waals surface area contributed by atoms with E-state index < -0.39 is 6.10 Å². The molecular formula is C14H19ClN2O4. The first-order chi connectivity index (χ1) is 9.93. The average Bonchev–Trinajstić information content (AvgIpc) is 2.45. The first-order valence-electron chi connectivity index (χ1n) is 6.38. The standard InChI is InChI=1S/C14H19ClN2O4/c1-17(8-12(18)9-21-2)13(19)7-16-14(20)10-3-5-11(15)6-4-10/h3-6,12,18H,7-9H2,1-2H3,(H,16,20). The first kappa shape index (κ1) is 17.4. The van der Waals surface area contributed by atoms with Crippen molar-refractivity contribution in [3.63, 3.8) is 0 Å². The number of methoxy groups -OCH3 is 1.